The van der Waals surface area contributed by atoms with E-state index in [1.54, 1.807) is 18.7 Å². The molecule has 0 aliphatic carbocycles. The highest BCUT2D eigenvalue weighted by atomic mass is 16.3. The Morgan fingerprint density at radius 2 is 1.96 bits per heavy atom. The molecule has 7 nitrogen and oxygen atoms in total. The lowest BCUT2D eigenvalue weighted by molar-refractivity contribution is 0.0744. The second-order valence-electron chi connectivity index (χ2n) is 6.78. The smallest absolute Gasteiger partial charge is 0.257 e. The van der Waals surface area contributed by atoms with Crippen molar-refractivity contribution in [2.45, 2.75) is 19.9 Å². The van der Waals surface area contributed by atoms with Crippen molar-refractivity contribution in [1.29, 1.82) is 0 Å². The molecule has 132 valence electrons. The van der Waals surface area contributed by atoms with Crippen molar-refractivity contribution in [3.05, 3.63) is 41.2 Å². The summed E-state index contributed by atoms with van der Waals surface area (Å²) in [7, 11) is 2.13. The number of anilines is 1. The normalized spacial score (nSPS) is 18.3. The van der Waals surface area contributed by atoms with Crippen LogP contribution in [0.4, 0.5) is 5.82 Å². The molecule has 7 heteroatoms. The molecule has 0 atom stereocenters. The summed E-state index contributed by atoms with van der Waals surface area (Å²) in [6, 6.07) is 1.75. The number of likely N-dealkylation sites (N-methyl/N-ethyl adjacent to an activating group) is 1. The van der Waals surface area contributed by atoms with Crippen molar-refractivity contribution in [3.63, 3.8) is 0 Å². The molecular formula is C18H23N5O2. The van der Waals surface area contributed by atoms with Crippen LogP contribution in [0.2, 0.25) is 0 Å². The number of nitrogens with zero attached hydrogens (tertiary/aromatic N) is 5. The average molecular weight is 341 g/mol. The summed E-state index contributed by atoms with van der Waals surface area (Å²) in [5, 5.41) is 0. The molecule has 2 aliphatic heterocycles. The number of piperazine rings is 1. The number of carbonyl (C=O) groups is 1. The number of rotatable bonds is 2. The van der Waals surface area contributed by atoms with Gasteiger partial charge in [0.2, 0.25) is 0 Å². The minimum atomic E-state index is 0.0512. The Bertz CT molecular complexity index is 780. The summed E-state index contributed by atoms with van der Waals surface area (Å²) in [5.41, 5.74) is 3.06. The highest BCUT2D eigenvalue weighted by molar-refractivity contribution is 5.95. The van der Waals surface area contributed by atoms with Crippen molar-refractivity contribution in [1.82, 2.24) is 19.8 Å². The number of carbonyl (C=O) groups excluding carboxylic acids is 1. The molecule has 0 aromatic carbocycles. The second kappa shape index (κ2) is 6.48. The van der Waals surface area contributed by atoms with Crippen LogP contribution in [0.3, 0.4) is 0 Å². The van der Waals surface area contributed by atoms with Crippen LogP contribution < -0.4 is 4.90 Å². The molecule has 0 bridgehead atoms. The third-order valence-corrected chi connectivity index (χ3v) is 5.13. The standard InChI is InChI=1S/C18H23N5O2/c1-13-14(4-10-25-13)18(24)23-8-6-22(7-9-23)17-15-11-21(2)5-3-16(15)19-12-20-17/h4,10,12H,3,5-9,11H2,1-2H3. The van der Waals surface area contributed by atoms with Crippen molar-refractivity contribution in [2.24, 2.45) is 0 Å². The van der Waals surface area contributed by atoms with Gasteiger partial charge in [-0.15, -0.1) is 0 Å². The zero-order valence-electron chi connectivity index (χ0n) is 14.7. The highest BCUT2D eigenvalue weighted by Crippen LogP contribution is 2.26. The summed E-state index contributed by atoms with van der Waals surface area (Å²) in [5.74, 6) is 1.76. The van der Waals surface area contributed by atoms with Crippen LogP contribution in [0, 0.1) is 6.92 Å². The first kappa shape index (κ1) is 16.1. The van der Waals surface area contributed by atoms with Crippen LogP contribution in [-0.2, 0) is 13.0 Å². The van der Waals surface area contributed by atoms with Gasteiger partial charge in [0.1, 0.15) is 17.9 Å². The van der Waals surface area contributed by atoms with Crippen molar-refractivity contribution in [2.75, 3.05) is 44.7 Å². The number of hydrogen-bond acceptors (Lipinski definition) is 6. The third-order valence-electron chi connectivity index (χ3n) is 5.13. The van der Waals surface area contributed by atoms with Gasteiger partial charge < -0.3 is 19.1 Å². The van der Waals surface area contributed by atoms with E-state index in [2.05, 4.69) is 26.8 Å². The molecule has 0 radical (unpaired) electrons. The predicted octanol–water partition coefficient (Wildman–Crippen LogP) is 1.33. The van der Waals surface area contributed by atoms with Gasteiger partial charge in [-0.25, -0.2) is 9.97 Å². The number of amides is 1. The van der Waals surface area contributed by atoms with Gasteiger partial charge in [0.15, 0.2) is 0 Å². The maximum atomic E-state index is 12.6. The molecule has 1 saturated heterocycles. The molecule has 2 aliphatic rings. The van der Waals surface area contributed by atoms with Crippen molar-refractivity contribution < 1.29 is 9.21 Å². The van der Waals surface area contributed by atoms with Gasteiger partial charge in [-0.2, -0.15) is 0 Å². The Labute approximate surface area is 147 Å². The zero-order valence-corrected chi connectivity index (χ0v) is 14.7. The number of aromatic nitrogens is 2. The minimum absolute atomic E-state index is 0.0512. The van der Waals surface area contributed by atoms with Crippen LogP contribution >= 0.6 is 0 Å². The largest absolute Gasteiger partial charge is 0.469 e. The fourth-order valence-electron chi connectivity index (χ4n) is 3.63. The maximum Gasteiger partial charge on any atom is 0.257 e. The van der Waals surface area contributed by atoms with E-state index in [9.17, 15) is 4.79 Å². The van der Waals surface area contributed by atoms with E-state index in [0.717, 1.165) is 44.1 Å². The summed E-state index contributed by atoms with van der Waals surface area (Å²) in [4.78, 5) is 28.1. The second-order valence-corrected chi connectivity index (χ2v) is 6.78. The van der Waals surface area contributed by atoms with E-state index in [0.29, 0.717) is 24.4 Å². The lowest BCUT2D eigenvalue weighted by Crippen LogP contribution is -2.49. The lowest BCUT2D eigenvalue weighted by Gasteiger charge is -2.37. The molecule has 1 amide bonds. The van der Waals surface area contributed by atoms with E-state index >= 15 is 0 Å². The molecule has 2 aromatic heterocycles. The van der Waals surface area contributed by atoms with Crippen LogP contribution in [0.5, 0.6) is 0 Å². The topological polar surface area (TPSA) is 65.7 Å². The first-order valence-corrected chi connectivity index (χ1v) is 8.73. The molecule has 0 N–H and O–H groups in total. The van der Waals surface area contributed by atoms with Crippen LogP contribution in [0.25, 0.3) is 0 Å². The number of fused-ring (bicyclic) bond motifs is 1. The Morgan fingerprint density at radius 3 is 2.68 bits per heavy atom. The van der Waals surface area contributed by atoms with Gasteiger partial charge in [0, 0.05) is 51.3 Å². The first-order chi connectivity index (χ1) is 12.1. The molecule has 4 heterocycles. The molecule has 1 fully saturated rings. The Morgan fingerprint density at radius 1 is 1.16 bits per heavy atom. The number of furan rings is 1. The molecule has 0 unspecified atom stereocenters. The van der Waals surface area contributed by atoms with E-state index in [1.165, 1.54) is 5.56 Å². The molecule has 0 saturated carbocycles. The SMILES string of the molecule is Cc1occc1C(=O)N1CCN(c2ncnc3c2CN(C)CC3)CC1. The van der Waals surface area contributed by atoms with E-state index in [1.807, 2.05) is 11.8 Å². The first-order valence-electron chi connectivity index (χ1n) is 8.73. The Kier molecular flexibility index (Phi) is 4.17. The molecule has 0 spiro atoms. The summed E-state index contributed by atoms with van der Waals surface area (Å²) in [6.45, 7) is 6.71. The van der Waals surface area contributed by atoms with Crippen molar-refractivity contribution in [3.8, 4) is 0 Å². The number of hydrogen-bond donors (Lipinski definition) is 0. The highest BCUT2D eigenvalue weighted by Gasteiger charge is 2.27. The Hall–Kier alpha value is -2.41. The fourth-order valence-corrected chi connectivity index (χ4v) is 3.63. The van der Waals surface area contributed by atoms with Gasteiger partial charge >= 0.3 is 0 Å². The average Bonchev–Trinajstić information content (AvgIpc) is 3.06. The van der Waals surface area contributed by atoms with E-state index in [4.69, 9.17) is 4.42 Å². The number of aryl methyl sites for hydroxylation is 1. The third kappa shape index (κ3) is 3.00. The summed E-state index contributed by atoms with van der Waals surface area (Å²) >= 11 is 0. The van der Waals surface area contributed by atoms with Gasteiger partial charge in [0.25, 0.3) is 5.91 Å². The molecule has 4 rings (SSSR count). The van der Waals surface area contributed by atoms with Gasteiger partial charge in [0.05, 0.1) is 17.5 Å². The van der Waals surface area contributed by atoms with Crippen LogP contribution in [0.1, 0.15) is 27.4 Å². The molecule has 25 heavy (non-hydrogen) atoms. The maximum absolute atomic E-state index is 12.6. The van der Waals surface area contributed by atoms with Gasteiger partial charge in [-0.1, -0.05) is 0 Å². The van der Waals surface area contributed by atoms with Crippen LogP contribution in [-0.4, -0.2) is 65.4 Å². The quantitative estimate of drug-likeness (QED) is 0.821. The molecular weight excluding hydrogens is 318 g/mol. The zero-order chi connectivity index (χ0) is 17.4. The minimum Gasteiger partial charge on any atom is -0.469 e. The fraction of sp³-hybridized carbons (Fsp3) is 0.500. The monoisotopic (exact) mass is 341 g/mol. The van der Waals surface area contributed by atoms with E-state index in [-0.39, 0.29) is 5.91 Å². The van der Waals surface area contributed by atoms with Gasteiger partial charge in [-0.3, -0.25) is 4.79 Å². The summed E-state index contributed by atoms with van der Waals surface area (Å²) in [6.07, 6.45) is 4.22. The lowest BCUT2D eigenvalue weighted by atomic mass is 10.1. The summed E-state index contributed by atoms with van der Waals surface area (Å²) < 4.78 is 5.26. The van der Waals surface area contributed by atoms with Crippen LogP contribution in [0.15, 0.2) is 23.1 Å². The van der Waals surface area contributed by atoms with E-state index < -0.39 is 0 Å². The molecule has 2 aromatic rings. The van der Waals surface area contributed by atoms with Crippen molar-refractivity contribution >= 4 is 11.7 Å². The Balaban J connectivity index is 1.48. The van der Waals surface area contributed by atoms with Gasteiger partial charge in [-0.05, 0) is 20.0 Å². The predicted molar refractivity (Wildman–Crippen MR) is 93.6 cm³/mol.